The number of esters is 1. The van der Waals surface area contributed by atoms with Gasteiger partial charge in [0.2, 0.25) is 0 Å². The Hall–Kier alpha value is -2.48. The predicted octanol–water partition coefficient (Wildman–Crippen LogP) is 3.33. The van der Waals surface area contributed by atoms with Gasteiger partial charge in [0.05, 0.1) is 17.1 Å². The molecule has 2 aromatic rings. The molecule has 0 aromatic heterocycles. The lowest BCUT2D eigenvalue weighted by Crippen LogP contribution is -2.13. The van der Waals surface area contributed by atoms with Gasteiger partial charge < -0.3 is 4.74 Å². The van der Waals surface area contributed by atoms with Crippen molar-refractivity contribution in [3.05, 3.63) is 59.7 Å². The highest BCUT2D eigenvalue weighted by Crippen LogP contribution is 2.19. The molecule has 0 heterocycles. The number of sulfonamides is 1. The fourth-order valence-electron chi connectivity index (χ4n) is 1.81. The molecule has 8 heteroatoms. The summed E-state index contributed by atoms with van der Waals surface area (Å²) in [6, 6.07) is 7.84. The molecular weight excluding hydrogens is 340 g/mol. The molecule has 128 valence electrons. The van der Waals surface area contributed by atoms with Crippen molar-refractivity contribution >= 4 is 21.7 Å². The normalized spacial score (nSPS) is 11.1. The zero-order valence-corrected chi connectivity index (χ0v) is 13.6. The molecule has 0 fully saturated rings. The van der Waals surface area contributed by atoms with Crippen LogP contribution < -0.4 is 4.72 Å². The lowest BCUT2D eigenvalue weighted by atomic mass is 10.2. The van der Waals surface area contributed by atoms with Gasteiger partial charge in [-0.2, -0.15) is 0 Å². The number of carbonyl (C=O) groups excluding carboxylic acids is 1. The van der Waals surface area contributed by atoms with Gasteiger partial charge in [0.15, 0.2) is 11.6 Å². The van der Waals surface area contributed by atoms with Gasteiger partial charge in [-0.25, -0.2) is 22.0 Å². The number of ether oxygens (including phenoxy) is 1. The zero-order valence-electron chi connectivity index (χ0n) is 12.8. The van der Waals surface area contributed by atoms with E-state index in [1.54, 1.807) is 0 Å². The Bertz CT molecular complexity index is 836. The Labute approximate surface area is 138 Å². The molecule has 1 N–H and O–H groups in total. The van der Waals surface area contributed by atoms with E-state index >= 15 is 0 Å². The van der Waals surface area contributed by atoms with E-state index in [1.165, 1.54) is 24.3 Å². The molecule has 2 aromatic carbocycles. The smallest absolute Gasteiger partial charge is 0.338 e. The molecule has 0 bridgehead atoms. The Kier molecular flexibility index (Phi) is 5.50. The molecule has 0 spiro atoms. The largest absolute Gasteiger partial charge is 0.462 e. The number of halogens is 2. The summed E-state index contributed by atoms with van der Waals surface area (Å²) in [7, 11) is -4.07. The molecule has 24 heavy (non-hydrogen) atoms. The molecule has 0 atom stereocenters. The van der Waals surface area contributed by atoms with E-state index < -0.39 is 32.5 Å². The van der Waals surface area contributed by atoms with Crippen molar-refractivity contribution < 1.29 is 26.7 Å². The van der Waals surface area contributed by atoms with Crippen molar-refractivity contribution in [2.75, 3.05) is 11.3 Å². The van der Waals surface area contributed by atoms with Gasteiger partial charge >= 0.3 is 5.97 Å². The molecule has 0 amide bonds. The molecule has 0 aliphatic heterocycles. The van der Waals surface area contributed by atoms with Gasteiger partial charge in [-0.05, 0) is 48.9 Å². The molecule has 0 radical (unpaired) electrons. The molecule has 0 unspecified atom stereocenters. The summed E-state index contributed by atoms with van der Waals surface area (Å²) in [6.07, 6.45) is 0.692. The van der Waals surface area contributed by atoms with E-state index in [0.717, 1.165) is 12.1 Å². The standard InChI is InChI=1S/C16H15F2NO4S/c1-2-9-23-16(20)11-3-5-12(6-4-11)19-24(21,22)13-7-8-14(17)15(18)10-13/h3-8,10,19H,2,9H2,1H3. The average Bonchev–Trinajstić information content (AvgIpc) is 2.55. The summed E-state index contributed by atoms with van der Waals surface area (Å²) in [5.74, 6) is -2.90. The van der Waals surface area contributed by atoms with Crippen LogP contribution in [0.25, 0.3) is 0 Å². The van der Waals surface area contributed by atoms with Crippen LogP contribution in [0.5, 0.6) is 0 Å². The van der Waals surface area contributed by atoms with Gasteiger partial charge in [0.1, 0.15) is 0 Å². The second kappa shape index (κ2) is 7.39. The summed E-state index contributed by atoms with van der Waals surface area (Å²) in [6.45, 7) is 2.16. The van der Waals surface area contributed by atoms with Crippen molar-refractivity contribution in [3.8, 4) is 0 Å². The lowest BCUT2D eigenvalue weighted by molar-refractivity contribution is 0.0505. The minimum atomic E-state index is -4.07. The van der Waals surface area contributed by atoms with Crippen LogP contribution in [-0.4, -0.2) is 21.0 Å². The summed E-state index contributed by atoms with van der Waals surface area (Å²) in [4.78, 5) is 11.2. The predicted molar refractivity (Wildman–Crippen MR) is 84.2 cm³/mol. The first-order valence-electron chi connectivity index (χ1n) is 7.08. The maximum absolute atomic E-state index is 13.2. The average molecular weight is 355 g/mol. The van der Waals surface area contributed by atoms with E-state index in [9.17, 15) is 22.0 Å². The van der Waals surface area contributed by atoms with Gasteiger partial charge in [-0.1, -0.05) is 6.92 Å². The van der Waals surface area contributed by atoms with Gasteiger partial charge in [-0.15, -0.1) is 0 Å². The summed E-state index contributed by atoms with van der Waals surface area (Å²) in [5, 5.41) is 0. The quantitative estimate of drug-likeness (QED) is 0.807. The van der Waals surface area contributed by atoms with Crippen LogP contribution in [0.1, 0.15) is 23.7 Å². The molecular formula is C16H15F2NO4S. The lowest BCUT2D eigenvalue weighted by Gasteiger charge is -2.09. The van der Waals surface area contributed by atoms with Crippen LogP contribution >= 0.6 is 0 Å². The van der Waals surface area contributed by atoms with Crippen LogP contribution in [0.15, 0.2) is 47.4 Å². The number of hydrogen-bond donors (Lipinski definition) is 1. The summed E-state index contributed by atoms with van der Waals surface area (Å²) in [5.41, 5.74) is 0.450. The first kappa shape index (κ1) is 17.9. The third-order valence-corrected chi connectivity index (χ3v) is 4.39. The summed E-state index contributed by atoms with van der Waals surface area (Å²) < 4.78 is 57.5. The molecule has 0 aliphatic rings. The van der Waals surface area contributed by atoms with Gasteiger partial charge in [-0.3, -0.25) is 4.72 Å². The van der Waals surface area contributed by atoms with E-state index in [2.05, 4.69) is 4.72 Å². The summed E-state index contributed by atoms with van der Waals surface area (Å²) >= 11 is 0. The Morgan fingerprint density at radius 2 is 1.75 bits per heavy atom. The van der Waals surface area contributed by atoms with Crippen LogP contribution in [0, 0.1) is 11.6 Å². The molecule has 5 nitrogen and oxygen atoms in total. The second-order valence-electron chi connectivity index (χ2n) is 4.89. The van der Waals surface area contributed by atoms with E-state index in [4.69, 9.17) is 4.74 Å². The number of anilines is 1. The maximum atomic E-state index is 13.2. The first-order valence-corrected chi connectivity index (χ1v) is 8.57. The van der Waals surface area contributed by atoms with Crippen molar-refractivity contribution in [3.63, 3.8) is 0 Å². The number of carbonyl (C=O) groups is 1. The minimum Gasteiger partial charge on any atom is -0.462 e. The highest BCUT2D eigenvalue weighted by atomic mass is 32.2. The SMILES string of the molecule is CCCOC(=O)c1ccc(NS(=O)(=O)c2ccc(F)c(F)c2)cc1. The molecule has 0 saturated heterocycles. The maximum Gasteiger partial charge on any atom is 0.338 e. The minimum absolute atomic E-state index is 0.173. The van der Waals surface area contributed by atoms with E-state index in [1.807, 2.05) is 6.92 Å². The number of nitrogens with one attached hydrogen (secondary N) is 1. The number of hydrogen-bond acceptors (Lipinski definition) is 4. The third-order valence-electron chi connectivity index (χ3n) is 3.01. The monoisotopic (exact) mass is 355 g/mol. The number of rotatable bonds is 6. The highest BCUT2D eigenvalue weighted by molar-refractivity contribution is 7.92. The van der Waals surface area contributed by atoms with Crippen molar-refractivity contribution in [1.29, 1.82) is 0 Å². The van der Waals surface area contributed by atoms with Crippen molar-refractivity contribution in [1.82, 2.24) is 0 Å². The fraction of sp³-hybridized carbons (Fsp3) is 0.188. The van der Waals surface area contributed by atoms with Crippen LogP contribution in [0.2, 0.25) is 0 Å². The van der Waals surface area contributed by atoms with E-state index in [0.29, 0.717) is 19.1 Å². The fourth-order valence-corrected chi connectivity index (χ4v) is 2.88. The van der Waals surface area contributed by atoms with Gasteiger partial charge in [0.25, 0.3) is 10.0 Å². The molecule has 0 saturated carbocycles. The second-order valence-corrected chi connectivity index (χ2v) is 6.58. The molecule has 0 aliphatic carbocycles. The van der Waals surface area contributed by atoms with Gasteiger partial charge in [0, 0.05) is 5.69 Å². The van der Waals surface area contributed by atoms with Crippen LogP contribution in [-0.2, 0) is 14.8 Å². The Balaban J connectivity index is 2.15. The zero-order chi connectivity index (χ0) is 17.7. The number of benzene rings is 2. The van der Waals surface area contributed by atoms with Crippen LogP contribution in [0.4, 0.5) is 14.5 Å². The van der Waals surface area contributed by atoms with E-state index in [-0.39, 0.29) is 11.3 Å². The third kappa shape index (κ3) is 4.29. The Morgan fingerprint density at radius 3 is 2.33 bits per heavy atom. The van der Waals surface area contributed by atoms with Crippen molar-refractivity contribution in [2.24, 2.45) is 0 Å². The molecule has 2 rings (SSSR count). The highest BCUT2D eigenvalue weighted by Gasteiger charge is 2.17. The Morgan fingerprint density at radius 1 is 1.08 bits per heavy atom. The van der Waals surface area contributed by atoms with Crippen molar-refractivity contribution in [2.45, 2.75) is 18.2 Å². The topological polar surface area (TPSA) is 72.5 Å². The van der Waals surface area contributed by atoms with Crippen LogP contribution in [0.3, 0.4) is 0 Å². The first-order chi connectivity index (χ1) is 11.3.